The average Bonchev–Trinajstić information content (AvgIpc) is 2.51. The second-order valence-electron chi connectivity index (χ2n) is 6.75. The van der Waals surface area contributed by atoms with Gasteiger partial charge in [0.2, 0.25) is 0 Å². The summed E-state index contributed by atoms with van der Waals surface area (Å²) in [7, 11) is 0. The summed E-state index contributed by atoms with van der Waals surface area (Å²) in [6.45, 7) is 5.32. The quantitative estimate of drug-likeness (QED) is 0.752. The molecule has 1 aliphatic rings. The highest BCUT2D eigenvalue weighted by Crippen LogP contribution is 2.22. The predicted octanol–water partition coefficient (Wildman–Crippen LogP) is 4.70. The first-order valence-corrected chi connectivity index (χ1v) is 8.21. The van der Waals surface area contributed by atoms with Gasteiger partial charge in [0.25, 0.3) is 0 Å². The van der Waals surface area contributed by atoms with Gasteiger partial charge < -0.3 is 9.47 Å². The van der Waals surface area contributed by atoms with Crippen LogP contribution in [0.2, 0.25) is 0 Å². The summed E-state index contributed by atoms with van der Waals surface area (Å²) in [4.78, 5) is 24.2. The summed E-state index contributed by atoms with van der Waals surface area (Å²) in [6, 6.07) is 9.66. The first-order valence-electron chi connectivity index (χ1n) is 8.21. The molecule has 0 aliphatic heterocycles. The average molecular weight is 328 g/mol. The summed E-state index contributed by atoms with van der Waals surface area (Å²) >= 11 is 0. The fraction of sp³-hybridized carbons (Fsp3) is 0.400. The van der Waals surface area contributed by atoms with Gasteiger partial charge >= 0.3 is 6.16 Å². The van der Waals surface area contributed by atoms with Gasteiger partial charge in [-0.2, -0.15) is 0 Å². The van der Waals surface area contributed by atoms with Crippen molar-refractivity contribution < 1.29 is 19.1 Å². The second kappa shape index (κ2) is 7.95. The number of carbonyl (C=O) groups is 2. The molecule has 0 fully saturated rings. The van der Waals surface area contributed by atoms with Crippen LogP contribution in [0, 0.1) is 0 Å². The zero-order chi connectivity index (χ0) is 17.6. The van der Waals surface area contributed by atoms with Crippen molar-refractivity contribution in [2.75, 3.05) is 0 Å². The Bertz CT molecular complexity index is 635. The maximum absolute atomic E-state index is 12.2. The van der Waals surface area contributed by atoms with E-state index in [0.717, 1.165) is 18.4 Å². The smallest absolute Gasteiger partial charge is 0.429 e. The molecular weight excluding hydrogens is 304 g/mol. The monoisotopic (exact) mass is 328 g/mol. The molecule has 1 atom stereocenters. The van der Waals surface area contributed by atoms with E-state index in [1.807, 2.05) is 42.5 Å². The molecule has 0 radical (unpaired) electrons. The third-order valence-electron chi connectivity index (χ3n) is 3.48. The standard InChI is InChI=1S/C20H24O4/c1-20(2,3)24-19(22)23-18(16-11-7-8-12-17(16)21)14-13-15-9-5-4-6-10-15/h4-6,9-11,13-14,18H,7-8,12H2,1-3H3/b14-13+. The van der Waals surface area contributed by atoms with Gasteiger partial charge in [-0.05, 0) is 45.3 Å². The number of carbonyl (C=O) groups excluding carboxylic acids is 2. The van der Waals surface area contributed by atoms with Crippen molar-refractivity contribution in [3.8, 4) is 0 Å². The number of allylic oxidation sites excluding steroid dienone is 1. The number of ether oxygens (including phenoxy) is 2. The molecule has 1 aliphatic carbocycles. The lowest BCUT2D eigenvalue weighted by Crippen LogP contribution is -2.30. The molecule has 0 bridgehead atoms. The van der Waals surface area contributed by atoms with Gasteiger partial charge in [-0.25, -0.2) is 4.79 Å². The van der Waals surface area contributed by atoms with E-state index in [1.54, 1.807) is 26.8 Å². The highest BCUT2D eigenvalue weighted by atomic mass is 16.7. The van der Waals surface area contributed by atoms with Crippen LogP contribution in [-0.2, 0) is 14.3 Å². The molecule has 0 heterocycles. The van der Waals surface area contributed by atoms with E-state index in [0.29, 0.717) is 12.0 Å². The Balaban J connectivity index is 2.18. The number of hydrogen-bond acceptors (Lipinski definition) is 4. The minimum Gasteiger partial charge on any atom is -0.429 e. The zero-order valence-corrected chi connectivity index (χ0v) is 14.5. The van der Waals surface area contributed by atoms with Crippen LogP contribution in [0.15, 0.2) is 48.1 Å². The van der Waals surface area contributed by atoms with Crippen molar-refractivity contribution in [1.82, 2.24) is 0 Å². The van der Waals surface area contributed by atoms with Gasteiger partial charge in [-0.3, -0.25) is 4.79 Å². The first-order chi connectivity index (χ1) is 11.3. The summed E-state index contributed by atoms with van der Waals surface area (Å²) in [5.41, 5.74) is 0.855. The Morgan fingerprint density at radius 3 is 2.54 bits per heavy atom. The van der Waals surface area contributed by atoms with Crippen LogP contribution in [0.4, 0.5) is 4.79 Å². The molecule has 0 saturated heterocycles. The van der Waals surface area contributed by atoms with E-state index < -0.39 is 17.9 Å². The molecule has 128 valence electrons. The molecule has 2 rings (SSSR count). The first kappa shape index (κ1) is 18.0. The third kappa shape index (κ3) is 5.69. The Labute approximate surface area is 143 Å². The number of benzene rings is 1. The largest absolute Gasteiger partial charge is 0.509 e. The minimum atomic E-state index is -0.774. The lowest BCUT2D eigenvalue weighted by molar-refractivity contribution is -0.116. The summed E-state index contributed by atoms with van der Waals surface area (Å²) in [5, 5.41) is 0. The molecule has 0 N–H and O–H groups in total. The SMILES string of the molecule is CC(C)(C)OC(=O)OC(/C=C/c1ccccc1)C1=CCCCC1=O. The van der Waals surface area contributed by atoms with Crippen molar-refractivity contribution >= 4 is 18.0 Å². The van der Waals surface area contributed by atoms with E-state index >= 15 is 0 Å². The van der Waals surface area contributed by atoms with Crippen LogP contribution in [-0.4, -0.2) is 23.6 Å². The Kier molecular flexibility index (Phi) is 5.96. The second-order valence-corrected chi connectivity index (χ2v) is 6.75. The topological polar surface area (TPSA) is 52.6 Å². The molecule has 1 aromatic carbocycles. The van der Waals surface area contributed by atoms with E-state index in [2.05, 4.69) is 0 Å². The van der Waals surface area contributed by atoms with Crippen LogP contribution in [0.1, 0.15) is 45.6 Å². The summed E-state index contributed by atoms with van der Waals surface area (Å²) in [6.07, 6.45) is 6.07. The Morgan fingerprint density at radius 1 is 1.21 bits per heavy atom. The molecule has 1 unspecified atom stereocenters. The Morgan fingerprint density at radius 2 is 1.92 bits per heavy atom. The van der Waals surface area contributed by atoms with E-state index in [9.17, 15) is 9.59 Å². The van der Waals surface area contributed by atoms with E-state index in [4.69, 9.17) is 9.47 Å². The highest BCUT2D eigenvalue weighted by Gasteiger charge is 2.26. The lowest BCUT2D eigenvalue weighted by atomic mass is 9.93. The summed E-state index contributed by atoms with van der Waals surface area (Å²) < 4.78 is 10.6. The van der Waals surface area contributed by atoms with Gasteiger partial charge in [0.15, 0.2) is 11.9 Å². The van der Waals surface area contributed by atoms with Gasteiger partial charge in [0, 0.05) is 12.0 Å². The van der Waals surface area contributed by atoms with Gasteiger partial charge in [0.1, 0.15) is 5.60 Å². The van der Waals surface area contributed by atoms with Gasteiger partial charge in [0.05, 0.1) is 0 Å². The molecule has 0 saturated carbocycles. The van der Waals surface area contributed by atoms with Crippen molar-refractivity contribution in [2.45, 2.75) is 51.7 Å². The predicted molar refractivity (Wildman–Crippen MR) is 93.5 cm³/mol. The minimum absolute atomic E-state index is 0.0209. The molecule has 4 heteroatoms. The van der Waals surface area contributed by atoms with Crippen LogP contribution in [0.25, 0.3) is 6.08 Å². The molecule has 1 aromatic rings. The molecule has 4 nitrogen and oxygen atoms in total. The van der Waals surface area contributed by atoms with Crippen molar-refractivity contribution in [1.29, 1.82) is 0 Å². The van der Waals surface area contributed by atoms with Crippen LogP contribution in [0.5, 0.6) is 0 Å². The maximum atomic E-state index is 12.2. The fourth-order valence-corrected chi connectivity index (χ4v) is 2.40. The third-order valence-corrected chi connectivity index (χ3v) is 3.48. The molecule has 24 heavy (non-hydrogen) atoms. The molecular formula is C20H24O4. The van der Waals surface area contributed by atoms with Crippen LogP contribution in [0.3, 0.4) is 0 Å². The fourth-order valence-electron chi connectivity index (χ4n) is 2.40. The zero-order valence-electron chi connectivity index (χ0n) is 14.5. The van der Waals surface area contributed by atoms with E-state index in [-0.39, 0.29) is 5.78 Å². The highest BCUT2D eigenvalue weighted by molar-refractivity contribution is 5.97. The number of hydrogen-bond donors (Lipinski definition) is 0. The Hall–Kier alpha value is -2.36. The van der Waals surface area contributed by atoms with E-state index in [1.165, 1.54) is 0 Å². The van der Waals surface area contributed by atoms with Gasteiger partial charge in [-0.1, -0.05) is 42.5 Å². The number of rotatable bonds is 4. The lowest BCUT2D eigenvalue weighted by Gasteiger charge is -2.23. The molecule has 0 aromatic heterocycles. The van der Waals surface area contributed by atoms with Crippen molar-refractivity contribution in [2.24, 2.45) is 0 Å². The summed E-state index contributed by atoms with van der Waals surface area (Å²) in [5.74, 6) is 0.0209. The van der Waals surface area contributed by atoms with Gasteiger partial charge in [-0.15, -0.1) is 0 Å². The molecule has 0 amide bonds. The van der Waals surface area contributed by atoms with Crippen LogP contribution >= 0.6 is 0 Å². The normalized spacial score (nSPS) is 16.6. The van der Waals surface area contributed by atoms with Crippen molar-refractivity contribution in [3.63, 3.8) is 0 Å². The number of ketones is 1. The van der Waals surface area contributed by atoms with Crippen molar-refractivity contribution in [3.05, 3.63) is 53.6 Å². The maximum Gasteiger partial charge on any atom is 0.509 e. The molecule has 0 spiro atoms. The number of Topliss-reactive ketones (excluding diaryl/α,β-unsaturated/α-hetero) is 1. The van der Waals surface area contributed by atoms with Crippen LogP contribution < -0.4 is 0 Å².